The highest BCUT2D eigenvalue weighted by Gasteiger charge is 2.19. The van der Waals surface area contributed by atoms with Gasteiger partial charge in [0.25, 0.3) is 0 Å². The number of carbonyl (C=O) groups excluding carboxylic acids is 2. The molecular weight excluding hydrogens is 310 g/mol. The summed E-state index contributed by atoms with van der Waals surface area (Å²) in [4.78, 5) is 23.0. The van der Waals surface area contributed by atoms with E-state index in [0.29, 0.717) is 6.07 Å². The molecule has 0 aliphatic heterocycles. The van der Waals surface area contributed by atoms with Gasteiger partial charge in [-0.25, -0.2) is 18.4 Å². The van der Waals surface area contributed by atoms with Crippen molar-refractivity contribution in [1.29, 1.82) is 0 Å². The molecule has 0 heterocycles. The van der Waals surface area contributed by atoms with Crippen LogP contribution in [0.15, 0.2) is 36.4 Å². The normalized spacial score (nSPS) is 10.2. The Hall–Kier alpha value is -2.96. The number of hydrogen-bond acceptors (Lipinski definition) is 5. The van der Waals surface area contributed by atoms with E-state index in [2.05, 4.69) is 9.47 Å². The van der Waals surface area contributed by atoms with Crippen LogP contribution in [0.3, 0.4) is 0 Å². The van der Waals surface area contributed by atoms with E-state index in [-0.39, 0.29) is 23.3 Å². The number of aromatic hydroxyl groups is 1. The number of phenolic OH excluding ortho intramolecular Hbond substituents is 1. The van der Waals surface area contributed by atoms with Crippen molar-refractivity contribution in [3.8, 4) is 16.9 Å². The Morgan fingerprint density at radius 3 is 2.52 bits per heavy atom. The lowest BCUT2D eigenvalue weighted by Gasteiger charge is -2.08. The predicted molar refractivity (Wildman–Crippen MR) is 75.9 cm³/mol. The molecule has 0 radical (unpaired) electrons. The highest BCUT2D eigenvalue weighted by Crippen LogP contribution is 2.28. The first-order valence-corrected chi connectivity index (χ1v) is 6.59. The first-order chi connectivity index (χ1) is 10.9. The molecule has 0 unspecified atom stereocenters. The molecule has 2 aromatic carbocycles. The van der Waals surface area contributed by atoms with E-state index in [1.54, 1.807) is 0 Å². The zero-order valence-electron chi connectivity index (χ0n) is 12.0. The van der Waals surface area contributed by atoms with Crippen LogP contribution in [0.2, 0.25) is 0 Å². The van der Waals surface area contributed by atoms with Gasteiger partial charge in [0.15, 0.2) is 0 Å². The van der Waals surface area contributed by atoms with Crippen molar-refractivity contribution < 1.29 is 33.0 Å². The van der Waals surface area contributed by atoms with Crippen molar-refractivity contribution in [2.75, 3.05) is 6.61 Å². The van der Waals surface area contributed by atoms with E-state index in [9.17, 15) is 23.5 Å². The minimum Gasteiger partial charge on any atom is -0.507 e. The average Bonchev–Trinajstić information content (AvgIpc) is 2.48. The topological polar surface area (TPSA) is 72.8 Å². The van der Waals surface area contributed by atoms with Gasteiger partial charge < -0.3 is 14.6 Å². The number of halogens is 2. The van der Waals surface area contributed by atoms with Gasteiger partial charge in [-0.1, -0.05) is 6.07 Å². The van der Waals surface area contributed by atoms with Crippen molar-refractivity contribution >= 4 is 12.1 Å². The Morgan fingerprint density at radius 2 is 1.87 bits per heavy atom. The highest BCUT2D eigenvalue weighted by molar-refractivity contribution is 5.98. The number of rotatable bonds is 3. The molecule has 0 fully saturated rings. The van der Waals surface area contributed by atoms with Crippen molar-refractivity contribution in [2.45, 2.75) is 6.92 Å². The second kappa shape index (κ2) is 6.87. The van der Waals surface area contributed by atoms with Gasteiger partial charge in [-0.15, -0.1) is 0 Å². The lowest BCUT2D eigenvalue weighted by Crippen LogP contribution is -2.14. The van der Waals surface area contributed by atoms with E-state index in [4.69, 9.17) is 0 Å². The summed E-state index contributed by atoms with van der Waals surface area (Å²) in [6.45, 7) is 1.54. The first-order valence-electron chi connectivity index (χ1n) is 6.59. The van der Waals surface area contributed by atoms with Crippen LogP contribution in [0.25, 0.3) is 11.1 Å². The van der Waals surface area contributed by atoms with Crippen molar-refractivity contribution in [3.05, 3.63) is 53.6 Å². The average molecular weight is 322 g/mol. The quantitative estimate of drug-likeness (QED) is 0.690. The van der Waals surface area contributed by atoms with Crippen LogP contribution in [0.1, 0.15) is 17.3 Å². The second-order valence-electron chi connectivity index (χ2n) is 4.43. The summed E-state index contributed by atoms with van der Waals surface area (Å²) in [5.41, 5.74) is -0.119. The van der Waals surface area contributed by atoms with Crippen LogP contribution in [-0.2, 0) is 9.47 Å². The lowest BCUT2D eigenvalue weighted by molar-refractivity contribution is 0.0399. The standard InChI is InChI=1S/C16H12F2O5/c1-2-22-16(21)23-15(20)12-7-9(3-6-14(12)19)11-5-4-10(17)8-13(11)18/h3-8,19H,2H2,1H3. The van der Waals surface area contributed by atoms with Crippen molar-refractivity contribution in [1.82, 2.24) is 0 Å². The highest BCUT2D eigenvalue weighted by atomic mass is 19.1. The maximum absolute atomic E-state index is 13.8. The van der Waals surface area contributed by atoms with Gasteiger partial charge in [0.2, 0.25) is 0 Å². The molecule has 0 amide bonds. The summed E-state index contributed by atoms with van der Waals surface area (Å²) >= 11 is 0. The zero-order chi connectivity index (χ0) is 17.0. The van der Waals surface area contributed by atoms with Crippen LogP contribution in [0.4, 0.5) is 13.6 Å². The van der Waals surface area contributed by atoms with Crippen LogP contribution in [0.5, 0.6) is 5.75 Å². The summed E-state index contributed by atoms with van der Waals surface area (Å²) < 4.78 is 35.6. The van der Waals surface area contributed by atoms with Gasteiger partial charge in [-0.05, 0) is 36.8 Å². The summed E-state index contributed by atoms with van der Waals surface area (Å²) in [5, 5.41) is 9.70. The van der Waals surface area contributed by atoms with Crippen LogP contribution in [-0.4, -0.2) is 23.8 Å². The predicted octanol–water partition coefficient (Wildman–Crippen LogP) is 3.65. The molecule has 5 nitrogen and oxygen atoms in total. The fourth-order valence-electron chi connectivity index (χ4n) is 1.87. The Labute approximate surface area is 130 Å². The molecule has 2 aromatic rings. The number of hydrogen-bond donors (Lipinski definition) is 1. The van der Waals surface area contributed by atoms with Crippen LogP contribution in [0, 0.1) is 11.6 Å². The molecule has 2 rings (SSSR count). The van der Waals surface area contributed by atoms with Gasteiger partial charge in [0.1, 0.15) is 22.9 Å². The molecule has 7 heteroatoms. The molecule has 1 N–H and O–H groups in total. The molecule has 120 valence electrons. The smallest absolute Gasteiger partial charge is 0.507 e. The maximum atomic E-state index is 13.8. The summed E-state index contributed by atoms with van der Waals surface area (Å²) in [5.74, 6) is -3.18. The fraction of sp³-hybridized carbons (Fsp3) is 0.125. The second-order valence-corrected chi connectivity index (χ2v) is 4.43. The Kier molecular flexibility index (Phi) is 4.90. The minimum absolute atomic E-state index is 0.0128. The number of phenols is 1. The fourth-order valence-corrected chi connectivity index (χ4v) is 1.87. The Balaban J connectivity index is 2.35. The van der Waals surface area contributed by atoms with E-state index in [1.165, 1.54) is 19.1 Å². The third-order valence-electron chi connectivity index (χ3n) is 2.90. The van der Waals surface area contributed by atoms with E-state index < -0.39 is 29.5 Å². The van der Waals surface area contributed by atoms with Crippen LogP contribution >= 0.6 is 0 Å². The number of benzene rings is 2. The Bertz CT molecular complexity index is 758. The minimum atomic E-state index is -1.21. The monoisotopic (exact) mass is 322 g/mol. The molecule has 0 spiro atoms. The largest absolute Gasteiger partial charge is 0.516 e. The van der Waals surface area contributed by atoms with Gasteiger partial charge in [0.05, 0.1) is 6.61 Å². The van der Waals surface area contributed by atoms with Crippen LogP contribution < -0.4 is 0 Å². The molecule has 23 heavy (non-hydrogen) atoms. The lowest BCUT2D eigenvalue weighted by atomic mass is 10.0. The zero-order valence-corrected chi connectivity index (χ0v) is 12.0. The van der Waals surface area contributed by atoms with E-state index >= 15 is 0 Å². The molecule has 0 saturated heterocycles. The maximum Gasteiger partial charge on any atom is 0.516 e. The van der Waals surface area contributed by atoms with Gasteiger partial charge in [-0.3, -0.25) is 0 Å². The van der Waals surface area contributed by atoms with E-state index in [1.807, 2.05) is 0 Å². The third kappa shape index (κ3) is 3.82. The van der Waals surface area contributed by atoms with Crippen molar-refractivity contribution in [3.63, 3.8) is 0 Å². The molecular formula is C16H12F2O5. The number of esters is 1. The summed E-state index contributed by atoms with van der Waals surface area (Å²) in [7, 11) is 0. The van der Waals surface area contributed by atoms with Gasteiger partial charge in [-0.2, -0.15) is 0 Å². The summed E-state index contributed by atoms with van der Waals surface area (Å²) in [6, 6.07) is 6.55. The molecule has 0 saturated carbocycles. The number of carbonyl (C=O) groups is 2. The first kappa shape index (κ1) is 16.4. The van der Waals surface area contributed by atoms with Gasteiger partial charge >= 0.3 is 12.1 Å². The number of ether oxygens (including phenoxy) is 2. The van der Waals surface area contributed by atoms with Gasteiger partial charge in [0, 0.05) is 11.6 Å². The Morgan fingerprint density at radius 1 is 1.13 bits per heavy atom. The molecule has 0 aromatic heterocycles. The molecule has 0 atom stereocenters. The summed E-state index contributed by atoms with van der Waals surface area (Å²) in [6.07, 6.45) is -1.21. The molecule has 0 aliphatic carbocycles. The van der Waals surface area contributed by atoms with Crippen molar-refractivity contribution in [2.24, 2.45) is 0 Å². The molecule has 0 bridgehead atoms. The molecule has 0 aliphatic rings. The SMILES string of the molecule is CCOC(=O)OC(=O)c1cc(-c2ccc(F)cc2F)ccc1O. The van der Waals surface area contributed by atoms with E-state index in [0.717, 1.165) is 18.2 Å². The third-order valence-corrected chi connectivity index (χ3v) is 2.90.